The standard InChI is InChI=1S/C14H20O3/c1-3-13(14(4-2)10-15-11-14)17-16-12-8-6-5-7-9-12/h5-9,13H,3-4,10-11H2,1-2H3. The van der Waals surface area contributed by atoms with E-state index >= 15 is 0 Å². The lowest BCUT2D eigenvalue weighted by Crippen LogP contribution is -2.52. The SMILES string of the molecule is CCC(OOc1ccccc1)C1(CC)COC1. The summed E-state index contributed by atoms with van der Waals surface area (Å²) in [4.78, 5) is 11.0. The van der Waals surface area contributed by atoms with Crippen LogP contribution in [0.1, 0.15) is 26.7 Å². The summed E-state index contributed by atoms with van der Waals surface area (Å²) in [5.41, 5.74) is 0.142. The van der Waals surface area contributed by atoms with Gasteiger partial charge in [-0.15, -0.1) is 0 Å². The molecular formula is C14H20O3. The highest BCUT2D eigenvalue weighted by atomic mass is 17.2. The van der Waals surface area contributed by atoms with Gasteiger partial charge in [0.1, 0.15) is 6.10 Å². The van der Waals surface area contributed by atoms with E-state index in [1.165, 1.54) is 0 Å². The molecule has 1 unspecified atom stereocenters. The largest absolute Gasteiger partial charge is 0.380 e. The lowest BCUT2D eigenvalue weighted by Gasteiger charge is -2.45. The number of benzene rings is 1. The molecule has 0 amide bonds. The Morgan fingerprint density at radius 3 is 2.41 bits per heavy atom. The average Bonchev–Trinajstić information content (AvgIpc) is 2.33. The monoisotopic (exact) mass is 236 g/mol. The van der Waals surface area contributed by atoms with E-state index in [0.29, 0.717) is 0 Å². The van der Waals surface area contributed by atoms with E-state index in [1.54, 1.807) is 0 Å². The van der Waals surface area contributed by atoms with Crippen molar-refractivity contribution in [2.75, 3.05) is 13.2 Å². The van der Waals surface area contributed by atoms with Crippen molar-refractivity contribution in [1.29, 1.82) is 0 Å². The molecule has 1 heterocycles. The quantitative estimate of drug-likeness (QED) is 0.560. The minimum Gasteiger partial charge on any atom is -0.380 e. The second-order valence-electron chi connectivity index (χ2n) is 4.60. The first kappa shape index (κ1) is 12.4. The lowest BCUT2D eigenvalue weighted by atomic mass is 9.76. The van der Waals surface area contributed by atoms with Crippen LogP contribution in [0.25, 0.3) is 0 Å². The molecule has 0 bridgehead atoms. The van der Waals surface area contributed by atoms with Crippen LogP contribution in [0.15, 0.2) is 30.3 Å². The van der Waals surface area contributed by atoms with Gasteiger partial charge in [-0.25, -0.2) is 0 Å². The van der Waals surface area contributed by atoms with Crippen LogP contribution >= 0.6 is 0 Å². The van der Waals surface area contributed by atoms with Crippen LogP contribution in [0.4, 0.5) is 0 Å². The van der Waals surface area contributed by atoms with Gasteiger partial charge in [0.05, 0.1) is 13.2 Å². The first-order valence-electron chi connectivity index (χ1n) is 6.27. The molecule has 0 aromatic heterocycles. The second kappa shape index (κ2) is 5.52. The zero-order valence-electron chi connectivity index (χ0n) is 10.5. The van der Waals surface area contributed by atoms with Gasteiger partial charge in [-0.05, 0) is 25.0 Å². The van der Waals surface area contributed by atoms with Crippen LogP contribution in [0, 0.1) is 5.41 Å². The lowest BCUT2D eigenvalue weighted by molar-refractivity contribution is -0.308. The van der Waals surface area contributed by atoms with Gasteiger partial charge in [0.25, 0.3) is 0 Å². The summed E-state index contributed by atoms with van der Waals surface area (Å²) in [7, 11) is 0. The molecule has 1 fully saturated rings. The Morgan fingerprint density at radius 2 is 1.94 bits per heavy atom. The van der Waals surface area contributed by atoms with Crippen LogP contribution in [0.3, 0.4) is 0 Å². The third-order valence-corrected chi connectivity index (χ3v) is 3.54. The van der Waals surface area contributed by atoms with Gasteiger partial charge in [0.15, 0.2) is 5.75 Å². The summed E-state index contributed by atoms with van der Waals surface area (Å²) >= 11 is 0. The normalized spacial score (nSPS) is 19.4. The highest BCUT2D eigenvalue weighted by Crippen LogP contribution is 2.38. The maximum absolute atomic E-state index is 5.60. The topological polar surface area (TPSA) is 27.7 Å². The van der Waals surface area contributed by atoms with Crippen molar-refractivity contribution in [3.05, 3.63) is 30.3 Å². The molecule has 0 spiro atoms. The Kier molecular flexibility index (Phi) is 4.02. The van der Waals surface area contributed by atoms with E-state index in [-0.39, 0.29) is 11.5 Å². The molecule has 94 valence electrons. The van der Waals surface area contributed by atoms with Crippen LogP contribution in [0.2, 0.25) is 0 Å². The van der Waals surface area contributed by atoms with E-state index in [4.69, 9.17) is 14.5 Å². The number of hydrogen-bond acceptors (Lipinski definition) is 3. The third kappa shape index (κ3) is 2.61. The van der Waals surface area contributed by atoms with E-state index in [9.17, 15) is 0 Å². The van der Waals surface area contributed by atoms with Gasteiger partial charge < -0.3 is 9.62 Å². The van der Waals surface area contributed by atoms with Gasteiger partial charge in [-0.1, -0.05) is 32.0 Å². The van der Waals surface area contributed by atoms with Gasteiger partial charge in [-0.3, -0.25) is 0 Å². The fourth-order valence-corrected chi connectivity index (χ4v) is 2.17. The molecule has 1 atom stereocenters. The molecule has 2 rings (SSSR count). The molecule has 3 heteroatoms. The van der Waals surface area contributed by atoms with Crippen molar-refractivity contribution >= 4 is 0 Å². The highest BCUT2D eigenvalue weighted by Gasteiger charge is 2.45. The summed E-state index contributed by atoms with van der Waals surface area (Å²) in [5.74, 6) is 0.748. The summed E-state index contributed by atoms with van der Waals surface area (Å²) < 4.78 is 5.33. The third-order valence-electron chi connectivity index (χ3n) is 3.54. The van der Waals surface area contributed by atoms with E-state index in [2.05, 4.69) is 13.8 Å². The van der Waals surface area contributed by atoms with Crippen molar-refractivity contribution < 1.29 is 14.5 Å². The number of ether oxygens (including phenoxy) is 1. The zero-order chi connectivity index (χ0) is 12.1. The van der Waals surface area contributed by atoms with Crippen molar-refractivity contribution in [3.8, 4) is 5.75 Å². The van der Waals surface area contributed by atoms with Crippen LogP contribution in [-0.4, -0.2) is 19.3 Å². The maximum atomic E-state index is 5.60. The van der Waals surface area contributed by atoms with Crippen molar-refractivity contribution in [2.24, 2.45) is 5.41 Å². The molecule has 0 aliphatic carbocycles. The van der Waals surface area contributed by atoms with Gasteiger partial charge in [0, 0.05) is 5.41 Å². The van der Waals surface area contributed by atoms with Gasteiger partial charge >= 0.3 is 0 Å². The summed E-state index contributed by atoms with van der Waals surface area (Å²) in [6, 6.07) is 9.60. The first-order valence-corrected chi connectivity index (χ1v) is 6.27. The first-order chi connectivity index (χ1) is 8.30. The maximum Gasteiger partial charge on any atom is 0.165 e. The predicted octanol–water partition coefficient (Wildman–Crippen LogP) is 3.20. The van der Waals surface area contributed by atoms with Crippen molar-refractivity contribution in [2.45, 2.75) is 32.8 Å². The minimum atomic E-state index is 0.0986. The Morgan fingerprint density at radius 1 is 1.24 bits per heavy atom. The smallest absolute Gasteiger partial charge is 0.165 e. The minimum absolute atomic E-state index is 0.0986. The Labute approximate surface area is 103 Å². The second-order valence-corrected chi connectivity index (χ2v) is 4.60. The molecule has 1 saturated heterocycles. The van der Waals surface area contributed by atoms with E-state index in [0.717, 1.165) is 31.8 Å². The van der Waals surface area contributed by atoms with E-state index in [1.807, 2.05) is 30.3 Å². The molecule has 1 aromatic carbocycles. The van der Waals surface area contributed by atoms with E-state index < -0.39 is 0 Å². The summed E-state index contributed by atoms with van der Waals surface area (Å²) in [5, 5.41) is 0. The van der Waals surface area contributed by atoms with Crippen LogP contribution in [-0.2, 0) is 9.62 Å². The molecule has 0 radical (unpaired) electrons. The molecule has 3 nitrogen and oxygen atoms in total. The van der Waals surface area contributed by atoms with Crippen LogP contribution < -0.4 is 4.89 Å². The van der Waals surface area contributed by atoms with Crippen LogP contribution in [0.5, 0.6) is 5.75 Å². The number of hydrogen-bond donors (Lipinski definition) is 0. The Balaban J connectivity index is 1.92. The molecular weight excluding hydrogens is 216 g/mol. The molecule has 17 heavy (non-hydrogen) atoms. The van der Waals surface area contributed by atoms with Crippen molar-refractivity contribution in [3.63, 3.8) is 0 Å². The molecule has 1 aliphatic rings. The zero-order valence-corrected chi connectivity index (χ0v) is 10.5. The molecule has 0 saturated carbocycles. The fraction of sp³-hybridized carbons (Fsp3) is 0.571. The Hall–Kier alpha value is -1.06. The highest BCUT2D eigenvalue weighted by molar-refractivity contribution is 5.20. The summed E-state index contributed by atoms with van der Waals surface area (Å²) in [6.45, 7) is 5.85. The molecule has 1 aliphatic heterocycles. The van der Waals surface area contributed by atoms with Gasteiger partial charge in [0.2, 0.25) is 0 Å². The number of para-hydroxylation sites is 1. The van der Waals surface area contributed by atoms with Crippen molar-refractivity contribution in [1.82, 2.24) is 0 Å². The fourth-order valence-electron chi connectivity index (χ4n) is 2.17. The molecule has 1 aromatic rings. The average molecular weight is 236 g/mol. The molecule has 0 N–H and O–H groups in total. The predicted molar refractivity (Wildman–Crippen MR) is 65.8 cm³/mol. The van der Waals surface area contributed by atoms with Gasteiger partial charge in [-0.2, -0.15) is 4.89 Å². The summed E-state index contributed by atoms with van der Waals surface area (Å²) in [6.07, 6.45) is 2.09. The Bertz CT molecular complexity index is 327. The number of rotatable bonds is 6.